The summed E-state index contributed by atoms with van der Waals surface area (Å²) in [5, 5.41) is 0. The third kappa shape index (κ3) is 3.53. The number of rotatable bonds is 5. The lowest BCUT2D eigenvalue weighted by Crippen LogP contribution is -2.16. The molecule has 0 spiro atoms. The van der Waals surface area contributed by atoms with Gasteiger partial charge >= 0.3 is 0 Å². The van der Waals surface area contributed by atoms with Gasteiger partial charge in [0.1, 0.15) is 5.82 Å². The lowest BCUT2D eigenvalue weighted by molar-refractivity contribution is 0.0916. The fourth-order valence-corrected chi connectivity index (χ4v) is 2.36. The van der Waals surface area contributed by atoms with Gasteiger partial charge in [0.25, 0.3) is 0 Å². The number of carbonyl (C=O) groups is 1. The Bertz CT molecular complexity index is 587. The van der Waals surface area contributed by atoms with Crippen LogP contribution in [0, 0.1) is 18.7 Å². The van der Waals surface area contributed by atoms with Crippen molar-refractivity contribution in [2.24, 2.45) is 5.92 Å². The van der Waals surface area contributed by atoms with Gasteiger partial charge in [-0.1, -0.05) is 42.8 Å². The van der Waals surface area contributed by atoms with Crippen LogP contribution in [0.3, 0.4) is 0 Å². The first-order chi connectivity index (χ1) is 9.60. The smallest absolute Gasteiger partial charge is 0.166 e. The molecule has 0 heterocycles. The van der Waals surface area contributed by atoms with E-state index in [4.69, 9.17) is 0 Å². The molecule has 0 aromatic heterocycles. The molecule has 0 saturated heterocycles. The van der Waals surface area contributed by atoms with Gasteiger partial charge in [0.15, 0.2) is 5.78 Å². The van der Waals surface area contributed by atoms with Crippen LogP contribution in [0.5, 0.6) is 0 Å². The highest BCUT2D eigenvalue weighted by molar-refractivity contribution is 5.98. The van der Waals surface area contributed by atoms with Crippen LogP contribution < -0.4 is 0 Å². The molecule has 0 aliphatic heterocycles. The molecule has 2 heteroatoms. The van der Waals surface area contributed by atoms with Crippen LogP contribution in [0.25, 0.3) is 0 Å². The molecule has 20 heavy (non-hydrogen) atoms. The second kappa shape index (κ2) is 6.47. The molecule has 1 nitrogen and oxygen atoms in total. The zero-order valence-electron chi connectivity index (χ0n) is 11.9. The van der Waals surface area contributed by atoms with Crippen molar-refractivity contribution in [1.82, 2.24) is 0 Å². The predicted octanol–water partition coefficient (Wildman–Crippen LogP) is 4.59. The molecule has 0 amide bonds. The van der Waals surface area contributed by atoms with Gasteiger partial charge in [0.05, 0.1) is 0 Å². The van der Waals surface area contributed by atoms with Crippen molar-refractivity contribution < 1.29 is 9.18 Å². The highest BCUT2D eigenvalue weighted by atomic mass is 19.1. The topological polar surface area (TPSA) is 17.1 Å². The quantitative estimate of drug-likeness (QED) is 0.726. The molecular weight excluding hydrogens is 251 g/mol. The molecule has 2 rings (SSSR count). The first kappa shape index (κ1) is 14.4. The van der Waals surface area contributed by atoms with Crippen molar-refractivity contribution >= 4 is 5.78 Å². The van der Waals surface area contributed by atoms with Crippen LogP contribution >= 0.6 is 0 Å². The highest BCUT2D eigenvalue weighted by Crippen LogP contribution is 2.19. The van der Waals surface area contributed by atoms with Crippen molar-refractivity contribution in [1.29, 1.82) is 0 Å². The number of aryl methyl sites for hydroxylation is 1. The summed E-state index contributed by atoms with van der Waals surface area (Å²) in [6, 6.07) is 14.1. The third-order valence-corrected chi connectivity index (χ3v) is 3.56. The molecule has 0 radical (unpaired) electrons. The Labute approximate surface area is 119 Å². The summed E-state index contributed by atoms with van der Waals surface area (Å²) in [7, 11) is 0. The number of Topliss-reactive ketones (excluding diaryl/α,β-unsaturated/α-hetero) is 1. The molecule has 0 aliphatic rings. The minimum Gasteiger partial charge on any atom is -0.294 e. The van der Waals surface area contributed by atoms with Gasteiger partial charge in [0, 0.05) is 11.5 Å². The Morgan fingerprint density at radius 2 is 1.85 bits per heavy atom. The average Bonchev–Trinajstić information content (AvgIpc) is 2.46. The van der Waals surface area contributed by atoms with Gasteiger partial charge in [-0.2, -0.15) is 0 Å². The van der Waals surface area contributed by atoms with E-state index in [2.05, 4.69) is 0 Å². The highest BCUT2D eigenvalue weighted by Gasteiger charge is 2.18. The first-order valence-electron chi connectivity index (χ1n) is 6.95. The third-order valence-electron chi connectivity index (χ3n) is 3.56. The maximum absolute atomic E-state index is 12.9. The van der Waals surface area contributed by atoms with Crippen molar-refractivity contribution in [3.8, 4) is 0 Å². The molecule has 1 atom stereocenters. The van der Waals surface area contributed by atoms with Gasteiger partial charge in [0.2, 0.25) is 0 Å². The summed E-state index contributed by atoms with van der Waals surface area (Å²) in [6.07, 6.45) is 1.44. The van der Waals surface area contributed by atoms with Crippen LogP contribution in [-0.2, 0) is 6.42 Å². The van der Waals surface area contributed by atoms with E-state index < -0.39 is 0 Å². The monoisotopic (exact) mass is 270 g/mol. The van der Waals surface area contributed by atoms with Gasteiger partial charge in [-0.15, -0.1) is 0 Å². The molecule has 0 bridgehead atoms. The largest absolute Gasteiger partial charge is 0.294 e. The Morgan fingerprint density at radius 1 is 1.15 bits per heavy atom. The van der Waals surface area contributed by atoms with E-state index in [1.807, 2.05) is 38.1 Å². The van der Waals surface area contributed by atoms with Crippen LogP contribution in [0.15, 0.2) is 48.5 Å². The molecule has 104 valence electrons. The molecule has 0 fully saturated rings. The van der Waals surface area contributed by atoms with E-state index in [-0.39, 0.29) is 17.5 Å². The Balaban J connectivity index is 2.15. The Morgan fingerprint density at radius 3 is 2.45 bits per heavy atom. The number of halogens is 1. The van der Waals surface area contributed by atoms with E-state index in [0.29, 0.717) is 6.42 Å². The fourth-order valence-electron chi connectivity index (χ4n) is 2.36. The van der Waals surface area contributed by atoms with Gasteiger partial charge < -0.3 is 0 Å². The van der Waals surface area contributed by atoms with Crippen molar-refractivity contribution in [2.75, 3.05) is 0 Å². The van der Waals surface area contributed by atoms with E-state index in [9.17, 15) is 9.18 Å². The standard InChI is InChI=1S/C18H19FO/c1-3-15(12-14-7-9-17(19)10-8-14)18(20)16-6-4-5-13(2)11-16/h4-11,15H,3,12H2,1-2H3. The molecule has 2 aromatic rings. The number of benzene rings is 2. The summed E-state index contributed by atoms with van der Waals surface area (Å²) in [4.78, 5) is 12.5. The molecule has 0 aliphatic carbocycles. The SMILES string of the molecule is CCC(Cc1ccc(F)cc1)C(=O)c1cccc(C)c1. The number of hydrogen-bond acceptors (Lipinski definition) is 1. The Kier molecular flexibility index (Phi) is 4.67. The average molecular weight is 270 g/mol. The zero-order valence-corrected chi connectivity index (χ0v) is 11.9. The lowest BCUT2D eigenvalue weighted by Gasteiger charge is -2.14. The molecule has 0 N–H and O–H groups in total. The Hall–Kier alpha value is -1.96. The second-order valence-electron chi connectivity index (χ2n) is 5.17. The van der Waals surface area contributed by atoms with Crippen LogP contribution in [0.1, 0.15) is 34.8 Å². The van der Waals surface area contributed by atoms with Crippen LogP contribution in [0.2, 0.25) is 0 Å². The van der Waals surface area contributed by atoms with Crippen molar-refractivity contribution in [3.63, 3.8) is 0 Å². The maximum Gasteiger partial charge on any atom is 0.166 e. The summed E-state index contributed by atoms with van der Waals surface area (Å²) in [6.45, 7) is 4.00. The molecular formula is C18H19FO. The van der Waals surface area contributed by atoms with Crippen molar-refractivity contribution in [2.45, 2.75) is 26.7 Å². The fraction of sp³-hybridized carbons (Fsp3) is 0.278. The van der Waals surface area contributed by atoms with E-state index in [1.54, 1.807) is 12.1 Å². The summed E-state index contributed by atoms with van der Waals surface area (Å²) in [5.41, 5.74) is 2.85. The van der Waals surface area contributed by atoms with Gasteiger partial charge in [-0.25, -0.2) is 4.39 Å². The van der Waals surface area contributed by atoms with E-state index in [0.717, 1.165) is 23.1 Å². The second-order valence-corrected chi connectivity index (χ2v) is 5.17. The minimum absolute atomic E-state index is 0.0535. The lowest BCUT2D eigenvalue weighted by atomic mass is 9.89. The van der Waals surface area contributed by atoms with Crippen LogP contribution in [-0.4, -0.2) is 5.78 Å². The summed E-state index contributed by atoms with van der Waals surface area (Å²) >= 11 is 0. The summed E-state index contributed by atoms with van der Waals surface area (Å²) in [5.74, 6) is -0.130. The first-order valence-corrected chi connectivity index (χ1v) is 6.95. The number of ketones is 1. The minimum atomic E-state index is -0.244. The molecule has 1 unspecified atom stereocenters. The molecule has 2 aromatic carbocycles. The van der Waals surface area contributed by atoms with E-state index >= 15 is 0 Å². The number of carbonyl (C=O) groups excluding carboxylic acids is 1. The zero-order chi connectivity index (χ0) is 14.5. The van der Waals surface area contributed by atoms with E-state index in [1.165, 1.54) is 12.1 Å². The number of hydrogen-bond donors (Lipinski definition) is 0. The predicted molar refractivity (Wildman–Crippen MR) is 79.4 cm³/mol. The maximum atomic E-state index is 12.9. The van der Waals surface area contributed by atoms with Gasteiger partial charge in [-0.3, -0.25) is 4.79 Å². The summed E-state index contributed by atoms with van der Waals surface area (Å²) < 4.78 is 12.9. The van der Waals surface area contributed by atoms with Crippen molar-refractivity contribution in [3.05, 3.63) is 71.0 Å². The van der Waals surface area contributed by atoms with Crippen LogP contribution in [0.4, 0.5) is 4.39 Å². The van der Waals surface area contributed by atoms with Gasteiger partial charge in [-0.05, 0) is 43.5 Å². The normalized spacial score (nSPS) is 12.2. The molecule has 0 saturated carbocycles.